The standard InChI is InChI=1S/C19H21ClO5/c1-5-18(13(21)11-7-9-12(20)10-8-11)14-17(3,4)25-16(23)19(14,18)15(22)24-6-2/h7-10,14H,5-6H2,1-4H3. The zero-order chi connectivity index (χ0) is 18.6. The maximum absolute atomic E-state index is 13.4. The van der Waals surface area contributed by atoms with E-state index in [1.807, 2.05) is 6.92 Å². The minimum Gasteiger partial charge on any atom is -0.465 e. The number of carbonyl (C=O) groups excluding carboxylic acids is 3. The summed E-state index contributed by atoms with van der Waals surface area (Å²) in [6, 6.07) is 6.48. The second-order valence-electron chi connectivity index (χ2n) is 7.12. The van der Waals surface area contributed by atoms with E-state index in [1.165, 1.54) is 0 Å². The first-order valence-electron chi connectivity index (χ1n) is 8.41. The lowest BCUT2D eigenvalue weighted by molar-refractivity contribution is -0.166. The second kappa shape index (κ2) is 5.56. The lowest BCUT2D eigenvalue weighted by Crippen LogP contribution is -2.40. The van der Waals surface area contributed by atoms with Crippen LogP contribution in [-0.4, -0.2) is 29.9 Å². The van der Waals surface area contributed by atoms with Crippen molar-refractivity contribution in [2.45, 2.75) is 39.7 Å². The van der Waals surface area contributed by atoms with E-state index < -0.39 is 34.3 Å². The molecule has 0 spiro atoms. The largest absolute Gasteiger partial charge is 0.465 e. The molecule has 1 aromatic rings. The Morgan fingerprint density at radius 2 is 1.80 bits per heavy atom. The van der Waals surface area contributed by atoms with Crippen LogP contribution in [0.5, 0.6) is 0 Å². The second-order valence-corrected chi connectivity index (χ2v) is 7.55. The molecule has 1 saturated heterocycles. The van der Waals surface area contributed by atoms with Crippen molar-refractivity contribution >= 4 is 29.3 Å². The minimum atomic E-state index is -1.56. The van der Waals surface area contributed by atoms with Gasteiger partial charge in [-0.1, -0.05) is 18.5 Å². The number of benzene rings is 1. The van der Waals surface area contributed by atoms with Crippen LogP contribution in [0.4, 0.5) is 0 Å². The molecule has 134 valence electrons. The third-order valence-corrected chi connectivity index (χ3v) is 5.84. The van der Waals surface area contributed by atoms with Gasteiger partial charge in [0.05, 0.1) is 12.0 Å². The van der Waals surface area contributed by atoms with Crippen LogP contribution in [-0.2, 0) is 19.1 Å². The molecular formula is C19H21ClO5. The number of ether oxygens (including phenoxy) is 2. The fourth-order valence-corrected chi connectivity index (χ4v) is 4.89. The van der Waals surface area contributed by atoms with Crippen molar-refractivity contribution < 1.29 is 23.9 Å². The molecule has 1 aliphatic carbocycles. The van der Waals surface area contributed by atoms with Crippen LogP contribution < -0.4 is 0 Å². The molecule has 3 atom stereocenters. The first-order chi connectivity index (χ1) is 11.7. The first-order valence-corrected chi connectivity index (χ1v) is 8.79. The van der Waals surface area contributed by atoms with Crippen molar-refractivity contribution in [3.8, 4) is 0 Å². The van der Waals surface area contributed by atoms with E-state index in [2.05, 4.69) is 0 Å². The van der Waals surface area contributed by atoms with E-state index in [0.717, 1.165) is 0 Å². The summed E-state index contributed by atoms with van der Waals surface area (Å²) in [7, 11) is 0. The lowest BCUT2D eigenvalue weighted by Gasteiger charge is -2.28. The number of hydrogen-bond acceptors (Lipinski definition) is 5. The Balaban J connectivity index is 2.14. The number of fused-ring (bicyclic) bond motifs is 1. The Morgan fingerprint density at radius 1 is 1.20 bits per heavy atom. The number of Topliss-reactive ketones (excluding diaryl/α,β-unsaturated/α-hetero) is 1. The number of esters is 2. The van der Waals surface area contributed by atoms with Gasteiger partial charge in [-0.25, -0.2) is 0 Å². The molecule has 3 unspecified atom stereocenters. The monoisotopic (exact) mass is 364 g/mol. The van der Waals surface area contributed by atoms with Crippen LogP contribution in [0.1, 0.15) is 44.5 Å². The van der Waals surface area contributed by atoms with E-state index in [1.54, 1.807) is 45.0 Å². The highest BCUT2D eigenvalue weighted by atomic mass is 35.5. The summed E-state index contributed by atoms with van der Waals surface area (Å²) in [5.41, 5.74) is -3.20. The zero-order valence-corrected chi connectivity index (χ0v) is 15.5. The normalized spacial score (nSPS) is 31.9. The van der Waals surface area contributed by atoms with Gasteiger partial charge >= 0.3 is 11.9 Å². The Kier molecular flexibility index (Phi) is 3.99. The van der Waals surface area contributed by atoms with Crippen molar-refractivity contribution in [1.82, 2.24) is 0 Å². The number of hydrogen-bond donors (Lipinski definition) is 0. The summed E-state index contributed by atoms with van der Waals surface area (Å²) in [5.74, 6) is -2.12. The van der Waals surface area contributed by atoms with E-state index >= 15 is 0 Å². The van der Waals surface area contributed by atoms with Crippen LogP contribution in [0, 0.1) is 16.7 Å². The molecule has 1 aliphatic heterocycles. The van der Waals surface area contributed by atoms with Crippen molar-refractivity contribution in [2.24, 2.45) is 16.7 Å². The molecule has 2 fully saturated rings. The quantitative estimate of drug-likeness (QED) is 0.455. The molecule has 0 aromatic heterocycles. The molecular weight excluding hydrogens is 344 g/mol. The summed E-state index contributed by atoms with van der Waals surface area (Å²) < 4.78 is 10.6. The topological polar surface area (TPSA) is 69.7 Å². The number of rotatable bonds is 5. The molecule has 1 saturated carbocycles. The van der Waals surface area contributed by atoms with Gasteiger partial charge in [0.25, 0.3) is 0 Å². The van der Waals surface area contributed by atoms with Crippen LogP contribution in [0.15, 0.2) is 24.3 Å². The van der Waals surface area contributed by atoms with E-state index in [-0.39, 0.29) is 12.4 Å². The highest BCUT2D eigenvalue weighted by Crippen LogP contribution is 2.80. The number of ketones is 1. The molecule has 5 nitrogen and oxygen atoms in total. The average Bonchev–Trinajstić information content (AvgIpc) is 3.15. The molecule has 0 N–H and O–H groups in total. The van der Waals surface area contributed by atoms with Gasteiger partial charge in [-0.15, -0.1) is 0 Å². The predicted molar refractivity (Wildman–Crippen MR) is 91.2 cm³/mol. The molecule has 6 heteroatoms. The van der Waals surface area contributed by atoms with Crippen LogP contribution >= 0.6 is 11.6 Å². The summed E-state index contributed by atoms with van der Waals surface area (Å²) >= 11 is 5.90. The Morgan fingerprint density at radius 3 is 2.32 bits per heavy atom. The molecule has 2 aliphatic rings. The maximum atomic E-state index is 13.4. The van der Waals surface area contributed by atoms with Crippen LogP contribution in [0.25, 0.3) is 0 Å². The van der Waals surface area contributed by atoms with Crippen molar-refractivity contribution in [2.75, 3.05) is 6.61 Å². The SMILES string of the molecule is CCOC(=O)C12C(=O)OC(C)(C)C1C2(CC)C(=O)c1ccc(Cl)cc1. The van der Waals surface area contributed by atoms with E-state index in [9.17, 15) is 14.4 Å². The first kappa shape index (κ1) is 17.9. The third-order valence-electron chi connectivity index (χ3n) is 5.59. The lowest BCUT2D eigenvalue weighted by atomic mass is 9.81. The Hall–Kier alpha value is -1.88. The van der Waals surface area contributed by atoms with Crippen molar-refractivity contribution in [1.29, 1.82) is 0 Å². The summed E-state index contributed by atoms with van der Waals surface area (Å²) in [5, 5.41) is 0.512. The average molecular weight is 365 g/mol. The molecule has 25 heavy (non-hydrogen) atoms. The van der Waals surface area contributed by atoms with Gasteiger partial charge in [-0.05, 0) is 51.5 Å². The maximum Gasteiger partial charge on any atom is 0.325 e. The fourth-order valence-electron chi connectivity index (χ4n) is 4.77. The predicted octanol–water partition coefficient (Wildman–Crippen LogP) is 3.43. The summed E-state index contributed by atoms with van der Waals surface area (Å²) in [6.07, 6.45) is 0.344. The smallest absolute Gasteiger partial charge is 0.325 e. The Bertz CT molecular complexity index is 754. The van der Waals surface area contributed by atoms with Gasteiger partial charge in [-0.2, -0.15) is 0 Å². The molecule has 0 radical (unpaired) electrons. The minimum absolute atomic E-state index is 0.135. The Labute approximate surface area is 151 Å². The van der Waals surface area contributed by atoms with Gasteiger partial charge in [-0.3, -0.25) is 14.4 Å². The number of halogens is 1. The fraction of sp³-hybridized carbons (Fsp3) is 0.526. The highest BCUT2D eigenvalue weighted by Gasteiger charge is 2.95. The van der Waals surface area contributed by atoms with Gasteiger partial charge in [0, 0.05) is 16.5 Å². The molecule has 1 aromatic carbocycles. The van der Waals surface area contributed by atoms with Crippen LogP contribution in [0.2, 0.25) is 5.02 Å². The molecule has 0 bridgehead atoms. The summed E-state index contributed by atoms with van der Waals surface area (Å²) in [6.45, 7) is 7.10. The van der Waals surface area contributed by atoms with Gasteiger partial charge in [0.15, 0.2) is 11.2 Å². The molecule has 1 heterocycles. The number of carbonyl (C=O) groups is 3. The van der Waals surface area contributed by atoms with Gasteiger partial charge in [0.2, 0.25) is 0 Å². The van der Waals surface area contributed by atoms with Gasteiger partial charge in [0.1, 0.15) is 5.60 Å². The summed E-state index contributed by atoms with van der Waals surface area (Å²) in [4.78, 5) is 38.9. The molecule has 0 amide bonds. The highest BCUT2D eigenvalue weighted by molar-refractivity contribution is 6.30. The van der Waals surface area contributed by atoms with Crippen molar-refractivity contribution in [3.05, 3.63) is 34.9 Å². The zero-order valence-electron chi connectivity index (χ0n) is 14.7. The third kappa shape index (κ3) is 2.05. The van der Waals surface area contributed by atoms with Gasteiger partial charge < -0.3 is 9.47 Å². The number of cyclic esters (lactones) is 1. The van der Waals surface area contributed by atoms with Crippen molar-refractivity contribution in [3.63, 3.8) is 0 Å². The van der Waals surface area contributed by atoms with E-state index in [4.69, 9.17) is 21.1 Å². The van der Waals surface area contributed by atoms with Crippen LogP contribution in [0.3, 0.4) is 0 Å². The van der Waals surface area contributed by atoms with E-state index in [0.29, 0.717) is 17.0 Å². The molecule has 3 rings (SSSR count).